The van der Waals surface area contributed by atoms with Gasteiger partial charge in [-0.15, -0.1) is 0 Å². The third-order valence-corrected chi connectivity index (χ3v) is 4.28. The Bertz CT molecular complexity index is 930. The van der Waals surface area contributed by atoms with Crippen LogP contribution in [0.4, 0.5) is 5.95 Å². The first kappa shape index (κ1) is 31.7. The molecule has 192 valence electrons. The lowest BCUT2D eigenvalue weighted by atomic mass is 10.2. The van der Waals surface area contributed by atoms with E-state index in [0.29, 0.717) is 17.4 Å². The van der Waals surface area contributed by atoms with Gasteiger partial charge in [0.25, 0.3) is 0 Å². The summed E-state index contributed by atoms with van der Waals surface area (Å²) < 4.78 is 0. The maximum absolute atomic E-state index is 5.63. The number of hydrogen-bond donors (Lipinski definition) is 3. The molecule has 7 heteroatoms. The lowest BCUT2D eigenvalue weighted by Gasteiger charge is -2.21. The summed E-state index contributed by atoms with van der Waals surface area (Å²) in [6.07, 6.45) is 12.0. The van der Waals surface area contributed by atoms with Crippen LogP contribution in [-0.2, 0) is 0 Å². The molecule has 34 heavy (non-hydrogen) atoms. The predicted octanol–water partition coefficient (Wildman–Crippen LogP) is 5.67. The Balaban J connectivity index is 0.00000118. The Kier molecular flexibility index (Phi) is 16.8. The van der Waals surface area contributed by atoms with E-state index in [1.807, 2.05) is 32.1 Å². The highest BCUT2D eigenvalue weighted by Gasteiger charge is 2.09. The van der Waals surface area contributed by atoms with E-state index in [1.54, 1.807) is 0 Å². The second-order valence-corrected chi connectivity index (χ2v) is 9.53. The molecule has 0 saturated heterocycles. The third kappa shape index (κ3) is 14.1. The van der Waals surface area contributed by atoms with Crippen molar-refractivity contribution in [3.8, 4) is 0 Å². The minimum atomic E-state index is 0.577. The first-order valence-corrected chi connectivity index (χ1v) is 12.7. The Morgan fingerprint density at radius 1 is 1.26 bits per heavy atom. The van der Waals surface area contributed by atoms with Crippen molar-refractivity contribution in [2.24, 2.45) is 22.6 Å². The second-order valence-electron chi connectivity index (χ2n) is 9.28. The van der Waals surface area contributed by atoms with Crippen molar-refractivity contribution in [1.29, 1.82) is 0 Å². The minimum absolute atomic E-state index is 0.577. The van der Waals surface area contributed by atoms with Crippen molar-refractivity contribution in [1.82, 2.24) is 14.9 Å². The first-order valence-electron chi connectivity index (χ1n) is 12.2. The highest BCUT2D eigenvalue weighted by atomic mass is 35.5. The molecule has 1 aromatic heterocycles. The first-order chi connectivity index (χ1) is 16.1. The Labute approximate surface area is 212 Å². The third-order valence-electron chi connectivity index (χ3n) is 4.16. The number of H-pyrrole nitrogens is 1. The fourth-order valence-corrected chi connectivity index (χ4v) is 2.90. The number of nitrogens with zero attached hydrogens (tertiary/aromatic N) is 3. The number of halogens is 1. The number of anilines is 1. The largest absolute Gasteiger partial charge is 0.360 e. The average Bonchev–Trinajstić information content (AvgIpc) is 3.01. The summed E-state index contributed by atoms with van der Waals surface area (Å²) in [5.41, 5.74) is 9.23. The number of rotatable bonds is 8. The number of allylic oxidation sites excluding steroid dienone is 5. The maximum atomic E-state index is 5.63. The van der Waals surface area contributed by atoms with Crippen LogP contribution in [0.25, 0.3) is 6.08 Å². The van der Waals surface area contributed by atoms with Crippen molar-refractivity contribution >= 4 is 23.6 Å². The minimum Gasteiger partial charge on any atom is -0.360 e. The van der Waals surface area contributed by atoms with Crippen LogP contribution in [0.5, 0.6) is 0 Å². The fourth-order valence-electron chi connectivity index (χ4n) is 2.70. The summed E-state index contributed by atoms with van der Waals surface area (Å²) >= 11 is 5.63. The van der Waals surface area contributed by atoms with Gasteiger partial charge in [-0.25, -0.2) is 4.99 Å². The predicted molar refractivity (Wildman–Crippen MR) is 150 cm³/mol. The van der Waals surface area contributed by atoms with E-state index in [0.717, 1.165) is 54.3 Å². The van der Waals surface area contributed by atoms with Crippen molar-refractivity contribution < 1.29 is 0 Å². The Hall–Kier alpha value is -2.31. The van der Waals surface area contributed by atoms with Gasteiger partial charge in [-0.05, 0) is 68.9 Å². The number of imidazole rings is 1. The van der Waals surface area contributed by atoms with Crippen LogP contribution < -0.4 is 21.9 Å². The van der Waals surface area contributed by atoms with E-state index < -0.39 is 0 Å². The second kappa shape index (κ2) is 18.1. The molecule has 2 heterocycles. The van der Waals surface area contributed by atoms with E-state index in [2.05, 4.69) is 80.9 Å². The van der Waals surface area contributed by atoms with Crippen LogP contribution >= 0.6 is 11.6 Å². The topological polar surface area (TPSA) is 82.3 Å². The summed E-state index contributed by atoms with van der Waals surface area (Å²) in [7, 11) is 2.07. The summed E-state index contributed by atoms with van der Waals surface area (Å²) in [5, 5.41) is 4.24. The molecule has 0 bridgehead atoms. The molecule has 0 unspecified atom stereocenters. The van der Waals surface area contributed by atoms with E-state index in [-0.39, 0.29) is 0 Å². The Morgan fingerprint density at radius 3 is 2.38 bits per heavy atom. The summed E-state index contributed by atoms with van der Waals surface area (Å²) in [6, 6.07) is 0. The average molecular weight is 491 g/mol. The smallest absolute Gasteiger partial charge is 0.207 e. The number of hydrogen-bond acceptors (Lipinski definition) is 5. The molecule has 4 N–H and O–H groups in total. The van der Waals surface area contributed by atoms with Gasteiger partial charge < -0.3 is 20.9 Å². The molecule has 6 nitrogen and oxygen atoms in total. The van der Waals surface area contributed by atoms with Crippen molar-refractivity contribution in [2.75, 3.05) is 25.5 Å². The maximum Gasteiger partial charge on any atom is 0.207 e. The number of fused-ring (bicyclic) bond motifs is 1. The van der Waals surface area contributed by atoms with Crippen LogP contribution in [-0.4, -0.2) is 35.0 Å². The fraction of sp³-hybridized carbons (Fsp3) is 0.556. The number of nitrogens with one attached hydrogen (secondary N) is 2. The van der Waals surface area contributed by atoms with Crippen LogP contribution in [0.2, 0.25) is 0 Å². The molecule has 0 aliphatic carbocycles. The van der Waals surface area contributed by atoms with Gasteiger partial charge in [-0.2, -0.15) is 4.98 Å². The highest BCUT2D eigenvalue weighted by Crippen LogP contribution is 2.10. The normalized spacial score (nSPS) is 13.6. The summed E-state index contributed by atoms with van der Waals surface area (Å²) in [6.45, 7) is 18.7. The number of nitrogens with two attached hydrogens (primary N) is 1. The molecular weight excluding hydrogens is 444 g/mol. The van der Waals surface area contributed by atoms with Gasteiger partial charge in [0.1, 0.15) is 5.82 Å². The molecule has 0 atom stereocenters. The zero-order valence-electron chi connectivity index (χ0n) is 22.7. The molecule has 0 amide bonds. The molecule has 1 aliphatic rings. The van der Waals surface area contributed by atoms with Gasteiger partial charge in [-0.1, -0.05) is 65.3 Å². The molecule has 0 spiro atoms. The van der Waals surface area contributed by atoms with Crippen LogP contribution in [0.1, 0.15) is 68.2 Å². The van der Waals surface area contributed by atoms with Crippen molar-refractivity contribution in [3.63, 3.8) is 0 Å². The van der Waals surface area contributed by atoms with Crippen LogP contribution in [0, 0.1) is 11.8 Å². The van der Waals surface area contributed by atoms with Gasteiger partial charge in [0.05, 0.1) is 5.35 Å². The standard InChI is InChI=1S/C20H28ClN5.C4H10.C3H9N/c1-6-16(12-15(4)10-11-21)22-20-23-17-8-7-9-18(24-19(17)25-20)26(5)13-14(2)3;1-4(2)3;1-2-3-4/h6,8-12,14H,7,13H2,1-5H3,(H2,22,23,24,25);4H,1-3H3;2-4H2,1H3/b11-10+,15-12-,16-6+;;. The van der Waals surface area contributed by atoms with E-state index in [4.69, 9.17) is 22.3 Å². The van der Waals surface area contributed by atoms with Gasteiger partial charge in [-0.3, -0.25) is 0 Å². The van der Waals surface area contributed by atoms with Gasteiger partial charge >= 0.3 is 0 Å². The lowest BCUT2D eigenvalue weighted by molar-refractivity contribution is 0.356. The van der Waals surface area contributed by atoms with E-state index in [9.17, 15) is 0 Å². The van der Waals surface area contributed by atoms with Crippen molar-refractivity contribution in [2.45, 2.75) is 68.2 Å². The zero-order valence-corrected chi connectivity index (χ0v) is 23.5. The Morgan fingerprint density at radius 2 is 1.88 bits per heavy atom. The number of aromatic amines is 1. The molecule has 0 fully saturated rings. The van der Waals surface area contributed by atoms with Gasteiger partial charge in [0.2, 0.25) is 5.95 Å². The summed E-state index contributed by atoms with van der Waals surface area (Å²) in [5.74, 6) is 3.05. The van der Waals surface area contributed by atoms with Gasteiger partial charge in [0.15, 0.2) is 5.49 Å². The lowest BCUT2D eigenvalue weighted by Crippen LogP contribution is -2.27. The summed E-state index contributed by atoms with van der Waals surface area (Å²) in [4.78, 5) is 14.8. The molecule has 1 aliphatic heterocycles. The quantitative estimate of drug-likeness (QED) is 0.409. The van der Waals surface area contributed by atoms with Gasteiger partial charge in [0, 0.05) is 24.8 Å². The molecule has 1 aromatic rings. The highest BCUT2D eigenvalue weighted by molar-refractivity contribution is 6.25. The van der Waals surface area contributed by atoms with Crippen LogP contribution in [0.15, 0.2) is 51.9 Å². The zero-order chi connectivity index (χ0) is 26.1. The van der Waals surface area contributed by atoms with Crippen molar-refractivity contribution in [3.05, 3.63) is 57.8 Å². The van der Waals surface area contributed by atoms with E-state index >= 15 is 0 Å². The molecule has 0 saturated carbocycles. The van der Waals surface area contributed by atoms with Crippen LogP contribution in [0.3, 0.4) is 0 Å². The number of aromatic nitrogens is 2. The van der Waals surface area contributed by atoms with E-state index in [1.165, 1.54) is 5.54 Å². The molecule has 0 aromatic carbocycles. The molecular formula is C27H47ClN6. The molecule has 2 rings (SSSR count). The molecule has 0 radical (unpaired) electrons. The SMILES string of the molecule is CC(C)C.CCCN.C\C=C(/C=C(C)\C=C\Cl)Nc1nc2c([nH]1)=CCC=C(N(C)CC(C)C)N=2. The monoisotopic (exact) mass is 490 g/mol.